The fraction of sp³-hybridized carbons (Fsp3) is 0.312. The number of aromatic nitrogens is 2. The molecule has 0 saturated carbocycles. The maximum absolute atomic E-state index is 10.9. The van der Waals surface area contributed by atoms with Gasteiger partial charge in [-0.25, -0.2) is 0 Å². The van der Waals surface area contributed by atoms with E-state index in [1.807, 2.05) is 43.0 Å². The largest absolute Gasteiger partial charge is 0.481 e. The van der Waals surface area contributed by atoms with E-state index in [-0.39, 0.29) is 12.5 Å². The highest BCUT2D eigenvalue weighted by atomic mass is 16.4. The molecule has 1 unspecified atom stereocenters. The lowest BCUT2D eigenvalue weighted by molar-refractivity contribution is -0.136. The normalized spacial score (nSPS) is 11.9. The summed E-state index contributed by atoms with van der Waals surface area (Å²) in [5, 5.41) is 8.95. The third kappa shape index (κ3) is 4.02. The van der Waals surface area contributed by atoms with Crippen LogP contribution in [-0.4, -0.2) is 27.6 Å². The third-order valence-corrected chi connectivity index (χ3v) is 3.41. The monoisotopic (exact) mass is 285 g/mol. The van der Waals surface area contributed by atoms with Crippen molar-refractivity contribution in [3.05, 3.63) is 54.1 Å². The van der Waals surface area contributed by atoms with Crippen molar-refractivity contribution in [2.24, 2.45) is 0 Å². The van der Waals surface area contributed by atoms with Crippen molar-refractivity contribution in [1.82, 2.24) is 9.97 Å². The summed E-state index contributed by atoms with van der Waals surface area (Å²) >= 11 is 0. The lowest BCUT2D eigenvalue weighted by atomic mass is 10.1. The SMILES string of the molecule is Cc1ccc(N(CCC(=O)O)C(C)c2cnccn2)cc1. The Bertz CT molecular complexity index is 584. The molecule has 2 aromatic rings. The number of aliphatic carboxylic acids is 1. The van der Waals surface area contributed by atoms with Crippen LogP contribution in [-0.2, 0) is 4.79 Å². The number of aryl methyl sites for hydroxylation is 1. The molecule has 1 atom stereocenters. The van der Waals surface area contributed by atoms with Crippen molar-refractivity contribution in [2.45, 2.75) is 26.3 Å². The maximum atomic E-state index is 10.9. The van der Waals surface area contributed by atoms with Crippen LogP contribution in [0.5, 0.6) is 0 Å². The molecular formula is C16H19N3O2. The highest BCUT2D eigenvalue weighted by Gasteiger charge is 2.18. The average Bonchev–Trinajstić information content (AvgIpc) is 2.49. The Kier molecular flexibility index (Phi) is 4.87. The van der Waals surface area contributed by atoms with Crippen molar-refractivity contribution >= 4 is 11.7 Å². The Hall–Kier alpha value is -2.43. The standard InChI is InChI=1S/C16H19N3O2/c1-12-3-5-14(6-4-12)19(10-7-16(20)21)13(2)15-11-17-8-9-18-15/h3-6,8-9,11,13H,7,10H2,1-2H3,(H,20,21). The minimum absolute atomic E-state index is 0.0410. The Morgan fingerprint density at radius 1 is 1.29 bits per heavy atom. The molecule has 0 spiro atoms. The third-order valence-electron chi connectivity index (χ3n) is 3.41. The summed E-state index contributed by atoms with van der Waals surface area (Å²) < 4.78 is 0. The van der Waals surface area contributed by atoms with E-state index in [0.29, 0.717) is 6.54 Å². The highest BCUT2D eigenvalue weighted by Crippen LogP contribution is 2.26. The van der Waals surface area contributed by atoms with E-state index in [9.17, 15) is 4.79 Å². The van der Waals surface area contributed by atoms with Gasteiger partial charge in [0.15, 0.2) is 0 Å². The number of nitrogens with zero attached hydrogens (tertiary/aromatic N) is 3. The minimum Gasteiger partial charge on any atom is -0.481 e. The fourth-order valence-corrected chi connectivity index (χ4v) is 2.18. The van der Waals surface area contributed by atoms with Gasteiger partial charge in [-0.3, -0.25) is 14.8 Å². The van der Waals surface area contributed by atoms with Gasteiger partial charge in [-0.1, -0.05) is 17.7 Å². The molecule has 0 radical (unpaired) electrons. The fourth-order valence-electron chi connectivity index (χ4n) is 2.18. The minimum atomic E-state index is -0.807. The van der Waals surface area contributed by atoms with Crippen LogP contribution < -0.4 is 4.90 Å². The second-order valence-corrected chi connectivity index (χ2v) is 4.98. The number of anilines is 1. The number of benzene rings is 1. The van der Waals surface area contributed by atoms with Gasteiger partial charge in [0.25, 0.3) is 0 Å². The average molecular weight is 285 g/mol. The molecule has 110 valence electrons. The van der Waals surface area contributed by atoms with E-state index in [0.717, 1.165) is 11.4 Å². The summed E-state index contributed by atoms with van der Waals surface area (Å²) in [6.45, 7) is 4.46. The van der Waals surface area contributed by atoms with Gasteiger partial charge in [-0.2, -0.15) is 0 Å². The molecule has 0 aliphatic carbocycles. The van der Waals surface area contributed by atoms with Crippen molar-refractivity contribution in [3.63, 3.8) is 0 Å². The van der Waals surface area contributed by atoms with E-state index in [1.54, 1.807) is 18.6 Å². The molecule has 0 bridgehead atoms. The van der Waals surface area contributed by atoms with Crippen LogP contribution in [0.4, 0.5) is 5.69 Å². The zero-order chi connectivity index (χ0) is 15.2. The lowest BCUT2D eigenvalue weighted by Crippen LogP contribution is -2.30. The molecule has 1 heterocycles. The Balaban J connectivity index is 2.26. The second-order valence-electron chi connectivity index (χ2n) is 4.98. The van der Waals surface area contributed by atoms with Gasteiger partial charge < -0.3 is 10.0 Å². The van der Waals surface area contributed by atoms with E-state index in [4.69, 9.17) is 5.11 Å². The van der Waals surface area contributed by atoms with Gasteiger partial charge in [0.05, 0.1) is 24.4 Å². The summed E-state index contributed by atoms with van der Waals surface area (Å²) in [5.74, 6) is -0.807. The second kappa shape index (κ2) is 6.83. The zero-order valence-electron chi connectivity index (χ0n) is 12.2. The molecule has 0 aliphatic heterocycles. The summed E-state index contributed by atoms with van der Waals surface area (Å²) in [6.07, 6.45) is 5.07. The molecule has 1 aromatic carbocycles. The number of hydrogen-bond acceptors (Lipinski definition) is 4. The van der Waals surface area contributed by atoms with Crippen LogP contribution in [0.15, 0.2) is 42.9 Å². The highest BCUT2D eigenvalue weighted by molar-refractivity contribution is 5.67. The predicted octanol–water partition coefficient (Wildman–Crippen LogP) is 2.83. The number of carboxylic acids is 1. The molecular weight excluding hydrogens is 266 g/mol. The van der Waals surface area contributed by atoms with Crippen molar-refractivity contribution in [2.75, 3.05) is 11.4 Å². The molecule has 0 amide bonds. The molecule has 1 aromatic heterocycles. The maximum Gasteiger partial charge on any atom is 0.305 e. The summed E-state index contributed by atoms with van der Waals surface area (Å²) in [7, 11) is 0. The zero-order valence-corrected chi connectivity index (χ0v) is 12.2. The number of rotatable bonds is 6. The first-order valence-electron chi connectivity index (χ1n) is 6.89. The smallest absolute Gasteiger partial charge is 0.305 e. The van der Waals surface area contributed by atoms with Gasteiger partial charge in [0.2, 0.25) is 0 Å². The van der Waals surface area contributed by atoms with E-state index >= 15 is 0 Å². The van der Waals surface area contributed by atoms with Gasteiger partial charge in [0.1, 0.15) is 0 Å². The molecule has 0 saturated heterocycles. The summed E-state index contributed by atoms with van der Waals surface area (Å²) in [4.78, 5) is 21.3. The summed E-state index contributed by atoms with van der Waals surface area (Å²) in [5.41, 5.74) is 2.98. The molecule has 1 N–H and O–H groups in total. The van der Waals surface area contributed by atoms with Crippen molar-refractivity contribution in [1.29, 1.82) is 0 Å². The van der Waals surface area contributed by atoms with Crippen LogP contribution in [0.1, 0.15) is 30.6 Å². The number of hydrogen-bond donors (Lipinski definition) is 1. The van der Waals surface area contributed by atoms with Crippen LogP contribution in [0.3, 0.4) is 0 Å². The molecule has 2 rings (SSSR count). The predicted molar refractivity (Wildman–Crippen MR) is 81.2 cm³/mol. The quantitative estimate of drug-likeness (QED) is 0.884. The van der Waals surface area contributed by atoms with E-state index in [1.165, 1.54) is 5.56 Å². The topological polar surface area (TPSA) is 66.3 Å². The van der Waals surface area contributed by atoms with E-state index < -0.39 is 5.97 Å². The van der Waals surface area contributed by atoms with E-state index in [2.05, 4.69) is 9.97 Å². The molecule has 0 fully saturated rings. The Labute approximate surface area is 124 Å². The Morgan fingerprint density at radius 3 is 2.57 bits per heavy atom. The van der Waals surface area contributed by atoms with Crippen LogP contribution in [0, 0.1) is 6.92 Å². The first-order valence-corrected chi connectivity index (χ1v) is 6.89. The van der Waals surface area contributed by atoms with Gasteiger partial charge >= 0.3 is 5.97 Å². The molecule has 5 nitrogen and oxygen atoms in total. The number of carboxylic acid groups (broad SMARTS) is 1. The van der Waals surface area contributed by atoms with Gasteiger partial charge in [-0.05, 0) is 26.0 Å². The van der Waals surface area contributed by atoms with Gasteiger partial charge in [0, 0.05) is 24.6 Å². The van der Waals surface area contributed by atoms with Crippen molar-refractivity contribution < 1.29 is 9.90 Å². The van der Waals surface area contributed by atoms with Crippen LogP contribution >= 0.6 is 0 Å². The summed E-state index contributed by atoms with van der Waals surface area (Å²) in [6, 6.07) is 8.01. The number of carbonyl (C=O) groups is 1. The van der Waals surface area contributed by atoms with Crippen LogP contribution in [0.25, 0.3) is 0 Å². The van der Waals surface area contributed by atoms with Gasteiger partial charge in [-0.15, -0.1) is 0 Å². The van der Waals surface area contributed by atoms with Crippen LogP contribution in [0.2, 0.25) is 0 Å². The first-order chi connectivity index (χ1) is 10.1. The van der Waals surface area contributed by atoms with Crippen molar-refractivity contribution in [3.8, 4) is 0 Å². The lowest BCUT2D eigenvalue weighted by Gasteiger charge is -2.30. The first kappa shape index (κ1) is 15.0. The molecule has 0 aliphatic rings. The molecule has 5 heteroatoms. The Morgan fingerprint density at radius 2 is 2.00 bits per heavy atom. The molecule has 21 heavy (non-hydrogen) atoms.